The molecule has 1 fully saturated rings. The van der Waals surface area contributed by atoms with Crippen LogP contribution >= 0.6 is 0 Å². The van der Waals surface area contributed by atoms with Gasteiger partial charge < -0.3 is 10.2 Å². The highest BCUT2D eigenvalue weighted by Crippen LogP contribution is 2.45. The molecule has 104 valence electrons. The van der Waals surface area contributed by atoms with Crippen molar-refractivity contribution in [3.8, 4) is 0 Å². The molecule has 1 aliphatic rings. The summed E-state index contributed by atoms with van der Waals surface area (Å²) in [6.07, 6.45) is 4.18. The van der Waals surface area contributed by atoms with Gasteiger partial charge in [0, 0.05) is 0 Å². The predicted octanol–water partition coefficient (Wildman–Crippen LogP) is 3.16. The number of carboxylic acid groups (broad SMARTS) is 2. The van der Waals surface area contributed by atoms with Crippen molar-refractivity contribution in [1.82, 2.24) is 0 Å². The van der Waals surface area contributed by atoms with Crippen molar-refractivity contribution in [1.29, 1.82) is 0 Å². The van der Waals surface area contributed by atoms with Crippen molar-refractivity contribution >= 4 is 11.9 Å². The van der Waals surface area contributed by atoms with Crippen molar-refractivity contribution in [3.63, 3.8) is 0 Å². The fourth-order valence-electron chi connectivity index (χ4n) is 2.85. The van der Waals surface area contributed by atoms with Crippen molar-refractivity contribution < 1.29 is 19.8 Å². The van der Waals surface area contributed by atoms with Gasteiger partial charge in [-0.3, -0.25) is 9.59 Å². The molecule has 4 nitrogen and oxygen atoms in total. The molecule has 0 aromatic carbocycles. The first-order chi connectivity index (χ1) is 8.20. The zero-order chi connectivity index (χ0) is 14.0. The van der Waals surface area contributed by atoms with Gasteiger partial charge in [0.05, 0.1) is 0 Å². The molecule has 18 heavy (non-hydrogen) atoms. The Labute approximate surface area is 108 Å². The van der Waals surface area contributed by atoms with E-state index in [1.54, 1.807) is 0 Å². The summed E-state index contributed by atoms with van der Waals surface area (Å²) in [6.45, 7) is 6.03. The second-order valence-corrected chi connectivity index (χ2v) is 6.62. The van der Waals surface area contributed by atoms with Crippen LogP contribution in [0.2, 0.25) is 0 Å². The minimum atomic E-state index is -1.58. The summed E-state index contributed by atoms with van der Waals surface area (Å²) in [5.74, 6) is -2.54. The van der Waals surface area contributed by atoms with Gasteiger partial charge in [-0.2, -0.15) is 0 Å². The summed E-state index contributed by atoms with van der Waals surface area (Å²) in [5.41, 5.74) is -1.63. The molecule has 0 heterocycles. The molecule has 0 atom stereocenters. The zero-order valence-electron chi connectivity index (χ0n) is 11.5. The lowest BCUT2D eigenvalue weighted by Gasteiger charge is -2.33. The summed E-state index contributed by atoms with van der Waals surface area (Å²) in [5, 5.41) is 18.9. The summed E-state index contributed by atoms with van der Waals surface area (Å²) < 4.78 is 0. The number of carbonyl (C=O) groups is 2. The minimum absolute atomic E-state index is 0.0469. The predicted molar refractivity (Wildman–Crippen MR) is 68.4 cm³/mol. The molecular weight excluding hydrogens is 232 g/mol. The number of aliphatic carboxylic acids is 2. The van der Waals surface area contributed by atoms with Crippen LogP contribution < -0.4 is 0 Å². The SMILES string of the molecule is CC(C)(C)CCC(C(=O)O)(C(=O)O)C1CCCC1. The van der Waals surface area contributed by atoms with Crippen LogP contribution in [0.5, 0.6) is 0 Å². The second kappa shape index (κ2) is 5.29. The maximum atomic E-state index is 11.6. The lowest BCUT2D eigenvalue weighted by atomic mass is 9.68. The van der Waals surface area contributed by atoms with E-state index in [2.05, 4.69) is 0 Å². The van der Waals surface area contributed by atoms with Crippen LogP contribution in [0.25, 0.3) is 0 Å². The van der Waals surface area contributed by atoms with Crippen molar-refractivity contribution in [2.24, 2.45) is 16.7 Å². The number of hydrogen-bond donors (Lipinski definition) is 2. The van der Waals surface area contributed by atoms with Crippen LogP contribution in [0, 0.1) is 16.7 Å². The van der Waals surface area contributed by atoms with Gasteiger partial charge in [-0.1, -0.05) is 33.6 Å². The van der Waals surface area contributed by atoms with Gasteiger partial charge in [-0.25, -0.2) is 0 Å². The highest BCUT2D eigenvalue weighted by atomic mass is 16.4. The molecular formula is C14H24O4. The third-order valence-corrected chi connectivity index (χ3v) is 4.08. The zero-order valence-corrected chi connectivity index (χ0v) is 11.5. The fraction of sp³-hybridized carbons (Fsp3) is 0.857. The van der Waals surface area contributed by atoms with E-state index in [1.807, 2.05) is 20.8 Å². The Morgan fingerprint density at radius 1 is 1.00 bits per heavy atom. The summed E-state index contributed by atoms with van der Waals surface area (Å²) in [6, 6.07) is 0. The van der Waals surface area contributed by atoms with Gasteiger partial charge in [0.25, 0.3) is 0 Å². The fourth-order valence-corrected chi connectivity index (χ4v) is 2.85. The highest BCUT2D eigenvalue weighted by molar-refractivity contribution is 5.98. The van der Waals surface area contributed by atoms with Crippen LogP contribution in [0.3, 0.4) is 0 Å². The van der Waals surface area contributed by atoms with E-state index in [9.17, 15) is 19.8 Å². The largest absolute Gasteiger partial charge is 0.480 e. The number of rotatable bonds is 5. The molecule has 1 aliphatic carbocycles. The van der Waals surface area contributed by atoms with Gasteiger partial charge >= 0.3 is 11.9 Å². The lowest BCUT2D eigenvalue weighted by molar-refractivity contribution is -0.170. The maximum Gasteiger partial charge on any atom is 0.321 e. The van der Waals surface area contributed by atoms with E-state index in [-0.39, 0.29) is 17.8 Å². The monoisotopic (exact) mass is 256 g/mol. The Bertz CT molecular complexity index is 307. The second-order valence-electron chi connectivity index (χ2n) is 6.62. The topological polar surface area (TPSA) is 74.6 Å². The van der Waals surface area contributed by atoms with Crippen LogP contribution in [-0.2, 0) is 9.59 Å². The Balaban J connectivity index is 2.98. The van der Waals surface area contributed by atoms with E-state index in [1.165, 1.54) is 0 Å². The third-order valence-electron chi connectivity index (χ3n) is 4.08. The van der Waals surface area contributed by atoms with E-state index in [0.717, 1.165) is 25.7 Å². The van der Waals surface area contributed by atoms with E-state index in [0.29, 0.717) is 6.42 Å². The molecule has 4 heteroatoms. The Morgan fingerprint density at radius 2 is 1.44 bits per heavy atom. The molecule has 1 saturated carbocycles. The third kappa shape index (κ3) is 3.03. The molecule has 0 aromatic heterocycles. The molecule has 0 aliphatic heterocycles. The summed E-state index contributed by atoms with van der Waals surface area (Å²) in [4.78, 5) is 23.2. The van der Waals surface area contributed by atoms with E-state index < -0.39 is 17.4 Å². The highest BCUT2D eigenvalue weighted by Gasteiger charge is 2.53. The van der Waals surface area contributed by atoms with Gasteiger partial charge in [-0.05, 0) is 37.0 Å². The van der Waals surface area contributed by atoms with Crippen molar-refractivity contribution in [3.05, 3.63) is 0 Å². The molecule has 0 bridgehead atoms. The Hall–Kier alpha value is -1.06. The first-order valence-corrected chi connectivity index (χ1v) is 6.67. The molecule has 1 rings (SSSR count). The summed E-state index contributed by atoms with van der Waals surface area (Å²) >= 11 is 0. The average molecular weight is 256 g/mol. The quantitative estimate of drug-likeness (QED) is 0.741. The van der Waals surface area contributed by atoms with Crippen molar-refractivity contribution in [2.45, 2.75) is 59.3 Å². The summed E-state index contributed by atoms with van der Waals surface area (Å²) in [7, 11) is 0. The molecule has 0 amide bonds. The first kappa shape index (κ1) is 15.0. The molecule has 0 unspecified atom stereocenters. The van der Waals surface area contributed by atoms with E-state index >= 15 is 0 Å². The molecule has 0 radical (unpaired) electrons. The minimum Gasteiger partial charge on any atom is -0.480 e. The van der Waals surface area contributed by atoms with Crippen molar-refractivity contribution in [2.75, 3.05) is 0 Å². The molecule has 0 spiro atoms. The smallest absolute Gasteiger partial charge is 0.321 e. The average Bonchev–Trinajstić information content (AvgIpc) is 2.69. The van der Waals surface area contributed by atoms with Crippen LogP contribution in [-0.4, -0.2) is 22.2 Å². The van der Waals surface area contributed by atoms with Crippen LogP contribution in [0.15, 0.2) is 0 Å². The Morgan fingerprint density at radius 3 is 1.78 bits per heavy atom. The van der Waals surface area contributed by atoms with Gasteiger partial charge in [0.2, 0.25) is 0 Å². The lowest BCUT2D eigenvalue weighted by Crippen LogP contribution is -2.45. The molecule has 0 saturated heterocycles. The standard InChI is InChI=1S/C14H24O4/c1-13(2,3)8-9-14(11(15)16,12(17)18)10-6-4-5-7-10/h10H,4-9H2,1-3H3,(H,15,16)(H,17,18). The number of carboxylic acids is 2. The van der Waals surface area contributed by atoms with Crippen LogP contribution in [0.1, 0.15) is 59.3 Å². The Kier molecular flexibility index (Phi) is 4.41. The molecule has 0 aromatic rings. The van der Waals surface area contributed by atoms with E-state index in [4.69, 9.17) is 0 Å². The van der Waals surface area contributed by atoms with Gasteiger partial charge in [-0.15, -0.1) is 0 Å². The molecule has 2 N–H and O–H groups in total. The van der Waals surface area contributed by atoms with Crippen LogP contribution in [0.4, 0.5) is 0 Å². The van der Waals surface area contributed by atoms with Gasteiger partial charge in [0.15, 0.2) is 5.41 Å². The number of hydrogen-bond acceptors (Lipinski definition) is 2. The normalized spacial score (nSPS) is 17.9. The van der Waals surface area contributed by atoms with Gasteiger partial charge in [0.1, 0.15) is 0 Å². The maximum absolute atomic E-state index is 11.6. The first-order valence-electron chi connectivity index (χ1n) is 6.67.